The van der Waals surface area contributed by atoms with Gasteiger partial charge in [-0.3, -0.25) is 0 Å². The molecule has 0 aliphatic rings. The average Bonchev–Trinajstić information content (AvgIpc) is 2.83. The van der Waals surface area contributed by atoms with Gasteiger partial charge in [0.15, 0.2) is 11.5 Å². The van der Waals surface area contributed by atoms with E-state index in [-0.39, 0.29) is 19.1 Å². The number of nitrogens with zero attached hydrogens (tertiary/aromatic N) is 2. The smallest absolute Gasteiger partial charge is 0.226 e. The number of nitrogens with one attached hydrogen (secondary N) is 1. The first kappa shape index (κ1) is 29.5. The van der Waals surface area contributed by atoms with E-state index in [0.717, 1.165) is 30.6 Å². The van der Waals surface area contributed by atoms with Crippen LogP contribution in [-0.4, -0.2) is 71.1 Å². The monoisotopic (exact) mass is 500 g/mol. The zero-order valence-corrected chi connectivity index (χ0v) is 21.2. The summed E-state index contributed by atoms with van der Waals surface area (Å²) in [6, 6.07) is 3.75. The highest BCUT2D eigenvalue weighted by atomic mass is 35.5. The van der Waals surface area contributed by atoms with E-state index in [1.807, 2.05) is 12.1 Å². The Kier molecular flexibility index (Phi) is 14.7. The van der Waals surface area contributed by atoms with Crippen molar-refractivity contribution in [3.63, 3.8) is 0 Å². The molecule has 0 aliphatic heterocycles. The van der Waals surface area contributed by atoms with Gasteiger partial charge in [0, 0.05) is 24.8 Å². The van der Waals surface area contributed by atoms with Crippen LogP contribution >= 0.6 is 12.4 Å². The van der Waals surface area contributed by atoms with Crippen LogP contribution in [0.4, 0.5) is 11.8 Å². The molecule has 2 aromatic rings. The number of nitrogens with two attached hydrogens (primary N) is 1. The lowest BCUT2D eigenvalue weighted by molar-refractivity contribution is 0.0172. The maximum Gasteiger partial charge on any atom is 0.226 e. The van der Waals surface area contributed by atoms with E-state index in [4.69, 9.17) is 34.2 Å². The maximum absolute atomic E-state index is 6.14. The van der Waals surface area contributed by atoms with Gasteiger partial charge in [-0.05, 0) is 24.1 Å². The number of nitrogen functional groups attached to an aromatic ring is 1. The van der Waals surface area contributed by atoms with Gasteiger partial charge < -0.3 is 39.5 Å². The topological polar surface area (TPSA) is 119 Å². The molecule has 0 atom stereocenters. The van der Waals surface area contributed by atoms with Crippen LogP contribution in [0, 0.1) is 0 Å². The SMILES string of the molecule is CCCCOCCOCCOCNc1ncc(Cc2cc(OC)c(OC)c(OC)c2)c(N)n1.Cl. The van der Waals surface area contributed by atoms with Gasteiger partial charge in [0.25, 0.3) is 0 Å². The maximum atomic E-state index is 6.14. The predicted molar refractivity (Wildman–Crippen MR) is 134 cm³/mol. The van der Waals surface area contributed by atoms with Crippen molar-refractivity contribution in [1.82, 2.24) is 9.97 Å². The zero-order valence-electron chi connectivity index (χ0n) is 20.4. The van der Waals surface area contributed by atoms with Crippen molar-refractivity contribution >= 4 is 24.2 Å². The molecule has 11 heteroatoms. The molecule has 0 radical (unpaired) electrons. The fraction of sp³-hybridized carbons (Fsp3) is 0.565. The molecule has 1 aromatic heterocycles. The van der Waals surface area contributed by atoms with E-state index < -0.39 is 0 Å². The Morgan fingerprint density at radius 3 is 2.06 bits per heavy atom. The fourth-order valence-corrected chi connectivity index (χ4v) is 2.97. The highest BCUT2D eigenvalue weighted by Gasteiger charge is 2.14. The first-order valence-corrected chi connectivity index (χ1v) is 11.0. The molecule has 10 nitrogen and oxygen atoms in total. The molecule has 0 saturated carbocycles. The van der Waals surface area contributed by atoms with E-state index in [0.29, 0.717) is 61.9 Å². The molecule has 192 valence electrons. The van der Waals surface area contributed by atoms with Crippen molar-refractivity contribution in [3.8, 4) is 17.2 Å². The number of ether oxygens (including phenoxy) is 6. The molecule has 2 rings (SSSR count). The third-order valence-corrected chi connectivity index (χ3v) is 4.74. The summed E-state index contributed by atoms with van der Waals surface area (Å²) in [7, 11) is 4.73. The van der Waals surface area contributed by atoms with Crippen LogP contribution in [0.25, 0.3) is 0 Å². The number of hydrogen-bond acceptors (Lipinski definition) is 10. The minimum absolute atomic E-state index is 0. The molecule has 34 heavy (non-hydrogen) atoms. The molecule has 0 unspecified atom stereocenters. The Morgan fingerprint density at radius 1 is 0.882 bits per heavy atom. The lowest BCUT2D eigenvalue weighted by atomic mass is 10.1. The van der Waals surface area contributed by atoms with E-state index in [1.165, 1.54) is 0 Å². The Bertz CT molecular complexity index is 818. The van der Waals surface area contributed by atoms with Gasteiger partial charge in [0.1, 0.15) is 12.5 Å². The Balaban J connectivity index is 0.00000578. The summed E-state index contributed by atoms with van der Waals surface area (Å²) in [5.74, 6) is 2.47. The number of aromatic nitrogens is 2. The predicted octanol–water partition coefficient (Wildman–Crippen LogP) is 3.32. The third kappa shape index (κ3) is 9.76. The summed E-state index contributed by atoms with van der Waals surface area (Å²) >= 11 is 0. The van der Waals surface area contributed by atoms with Gasteiger partial charge in [-0.2, -0.15) is 4.98 Å². The van der Waals surface area contributed by atoms with Gasteiger partial charge >= 0.3 is 0 Å². The van der Waals surface area contributed by atoms with E-state index >= 15 is 0 Å². The number of halogens is 1. The zero-order chi connectivity index (χ0) is 23.9. The molecular weight excluding hydrogens is 464 g/mol. The Hall–Kier alpha value is -2.53. The largest absolute Gasteiger partial charge is 0.493 e. The molecule has 1 heterocycles. The molecule has 0 spiro atoms. The molecule has 0 amide bonds. The molecule has 3 N–H and O–H groups in total. The minimum atomic E-state index is 0. The second-order valence-corrected chi connectivity index (χ2v) is 7.12. The van der Waals surface area contributed by atoms with Crippen molar-refractivity contribution in [1.29, 1.82) is 0 Å². The summed E-state index contributed by atoms with van der Waals surface area (Å²) in [6.45, 7) is 5.29. The van der Waals surface area contributed by atoms with Gasteiger partial charge in [0.05, 0.1) is 47.8 Å². The Morgan fingerprint density at radius 2 is 1.50 bits per heavy atom. The number of anilines is 2. The quantitative estimate of drug-likeness (QED) is 0.247. The number of rotatable bonds is 17. The molecule has 0 aliphatic carbocycles. The molecular formula is C23H37ClN4O6. The van der Waals surface area contributed by atoms with Crippen LogP contribution in [0.3, 0.4) is 0 Å². The van der Waals surface area contributed by atoms with Crippen molar-refractivity contribution in [2.75, 3.05) is 72.1 Å². The average molecular weight is 501 g/mol. The molecule has 0 bridgehead atoms. The van der Waals surface area contributed by atoms with Gasteiger partial charge in [-0.15, -0.1) is 12.4 Å². The first-order chi connectivity index (χ1) is 16.1. The molecule has 1 aromatic carbocycles. The third-order valence-electron chi connectivity index (χ3n) is 4.74. The van der Waals surface area contributed by atoms with Gasteiger partial charge in [0.2, 0.25) is 11.7 Å². The van der Waals surface area contributed by atoms with Crippen molar-refractivity contribution in [2.24, 2.45) is 0 Å². The van der Waals surface area contributed by atoms with E-state index in [2.05, 4.69) is 22.2 Å². The Labute approximate surface area is 207 Å². The lowest BCUT2D eigenvalue weighted by Gasteiger charge is -2.14. The van der Waals surface area contributed by atoms with Crippen LogP contribution in [-0.2, 0) is 20.6 Å². The summed E-state index contributed by atoms with van der Waals surface area (Å²) in [5.41, 5.74) is 7.86. The summed E-state index contributed by atoms with van der Waals surface area (Å²) in [5, 5.41) is 2.99. The summed E-state index contributed by atoms with van der Waals surface area (Å²) < 4.78 is 32.5. The second kappa shape index (κ2) is 17.0. The standard InChI is InChI=1S/C23H36N4O6.ClH/c1-5-6-7-31-8-9-32-10-11-33-16-26-23-25-15-18(22(24)27-23)12-17-13-19(28-2)21(30-4)20(14-17)29-3;/h13-15H,5-12,16H2,1-4H3,(H3,24,25,26,27);1H. The highest BCUT2D eigenvalue weighted by Crippen LogP contribution is 2.38. The van der Waals surface area contributed by atoms with Crippen molar-refractivity contribution in [3.05, 3.63) is 29.5 Å². The van der Waals surface area contributed by atoms with Crippen LogP contribution in [0.1, 0.15) is 30.9 Å². The fourth-order valence-electron chi connectivity index (χ4n) is 2.97. The van der Waals surface area contributed by atoms with Gasteiger partial charge in [-0.25, -0.2) is 4.98 Å². The van der Waals surface area contributed by atoms with Crippen LogP contribution < -0.4 is 25.3 Å². The second-order valence-electron chi connectivity index (χ2n) is 7.12. The normalized spacial score (nSPS) is 10.5. The van der Waals surface area contributed by atoms with Crippen LogP contribution in [0.15, 0.2) is 18.3 Å². The van der Waals surface area contributed by atoms with Crippen LogP contribution in [0.5, 0.6) is 17.2 Å². The van der Waals surface area contributed by atoms with E-state index in [1.54, 1.807) is 27.5 Å². The number of hydrogen-bond donors (Lipinski definition) is 2. The summed E-state index contributed by atoms with van der Waals surface area (Å²) in [6.07, 6.45) is 4.41. The summed E-state index contributed by atoms with van der Waals surface area (Å²) in [4.78, 5) is 8.63. The van der Waals surface area contributed by atoms with E-state index in [9.17, 15) is 0 Å². The van der Waals surface area contributed by atoms with Crippen molar-refractivity contribution in [2.45, 2.75) is 26.2 Å². The molecule has 0 fully saturated rings. The first-order valence-electron chi connectivity index (χ1n) is 11.0. The lowest BCUT2D eigenvalue weighted by Crippen LogP contribution is -2.14. The van der Waals surface area contributed by atoms with Gasteiger partial charge in [-0.1, -0.05) is 13.3 Å². The number of unbranched alkanes of at least 4 members (excludes halogenated alkanes) is 1. The molecule has 0 saturated heterocycles. The van der Waals surface area contributed by atoms with Crippen LogP contribution in [0.2, 0.25) is 0 Å². The number of benzene rings is 1. The minimum Gasteiger partial charge on any atom is -0.493 e. The highest BCUT2D eigenvalue weighted by molar-refractivity contribution is 5.85. The van der Waals surface area contributed by atoms with Crippen molar-refractivity contribution < 1.29 is 28.4 Å². The number of methoxy groups -OCH3 is 3.